The smallest absolute Gasteiger partial charge is 0.387 e. The molecule has 2 aromatic carbocycles. The van der Waals surface area contributed by atoms with Crippen molar-refractivity contribution in [2.75, 3.05) is 40.4 Å². The summed E-state index contributed by atoms with van der Waals surface area (Å²) >= 11 is 0. The Balaban J connectivity index is 1.42. The number of piperazine rings is 1. The van der Waals surface area contributed by atoms with Gasteiger partial charge in [0, 0.05) is 38.3 Å². The summed E-state index contributed by atoms with van der Waals surface area (Å²) in [5.41, 5.74) is 2.50. The molecule has 4 rings (SSSR count). The number of allylic oxidation sites excluding steroid dienone is 1. The molecule has 1 saturated heterocycles. The fourth-order valence-corrected chi connectivity index (χ4v) is 5.97. The second-order valence-electron chi connectivity index (χ2n) is 8.21. The van der Waals surface area contributed by atoms with Crippen molar-refractivity contribution in [3.05, 3.63) is 58.0 Å². The highest BCUT2D eigenvalue weighted by Gasteiger charge is 2.31. The molecule has 0 unspecified atom stereocenters. The second-order valence-corrected chi connectivity index (χ2v) is 10.2. The van der Waals surface area contributed by atoms with Crippen LogP contribution in [0, 0.1) is 0 Å². The maximum absolute atomic E-state index is 13.3. The van der Waals surface area contributed by atoms with Crippen molar-refractivity contribution >= 4 is 16.1 Å². The van der Waals surface area contributed by atoms with Gasteiger partial charge in [-0.3, -0.25) is 4.90 Å². The van der Waals surface area contributed by atoms with Gasteiger partial charge < -0.3 is 14.2 Å². The highest BCUT2D eigenvalue weighted by Crippen LogP contribution is 2.32. The Morgan fingerprint density at radius 1 is 0.941 bits per heavy atom. The zero-order chi connectivity index (χ0) is 24.3. The summed E-state index contributed by atoms with van der Waals surface area (Å²) in [5, 5.41) is 0. The maximum Gasteiger partial charge on any atom is 0.387 e. The van der Waals surface area contributed by atoms with E-state index >= 15 is 0 Å². The van der Waals surface area contributed by atoms with Crippen molar-refractivity contribution in [1.82, 2.24) is 9.21 Å². The number of halogens is 2. The van der Waals surface area contributed by atoms with Crippen LogP contribution in [0.3, 0.4) is 0 Å². The summed E-state index contributed by atoms with van der Waals surface area (Å²) in [4.78, 5) is 2.55. The number of rotatable bonds is 8. The third-order valence-corrected chi connectivity index (χ3v) is 8.21. The average molecular weight is 495 g/mol. The predicted octanol–water partition coefficient (Wildman–Crippen LogP) is 3.74. The quantitative estimate of drug-likeness (QED) is 0.557. The molecular weight excluding hydrogens is 466 g/mol. The van der Waals surface area contributed by atoms with E-state index in [2.05, 4.69) is 9.64 Å². The van der Waals surface area contributed by atoms with Crippen molar-refractivity contribution in [3.63, 3.8) is 0 Å². The molecule has 1 aliphatic heterocycles. The predicted molar refractivity (Wildman–Crippen MR) is 125 cm³/mol. The number of sulfonamides is 1. The fourth-order valence-electron chi connectivity index (χ4n) is 4.36. The van der Waals surface area contributed by atoms with E-state index in [0.717, 1.165) is 28.2 Å². The minimum atomic E-state index is -3.60. The first-order valence-corrected chi connectivity index (χ1v) is 12.5. The number of alkyl halides is 2. The molecule has 0 bridgehead atoms. The minimum absolute atomic E-state index is 0.0808. The van der Waals surface area contributed by atoms with Crippen molar-refractivity contribution < 1.29 is 31.4 Å². The van der Waals surface area contributed by atoms with Gasteiger partial charge in [-0.1, -0.05) is 6.07 Å². The first-order chi connectivity index (χ1) is 16.3. The largest absolute Gasteiger partial charge is 0.497 e. The van der Waals surface area contributed by atoms with E-state index in [1.807, 2.05) is 18.2 Å². The van der Waals surface area contributed by atoms with Crippen molar-refractivity contribution in [2.45, 2.75) is 26.0 Å². The average Bonchev–Trinajstić information content (AvgIpc) is 2.83. The van der Waals surface area contributed by atoms with Crippen LogP contribution in [0.25, 0.3) is 6.08 Å². The van der Waals surface area contributed by atoms with Crippen LogP contribution in [-0.2, 0) is 23.0 Å². The zero-order valence-electron chi connectivity index (χ0n) is 19.2. The highest BCUT2D eigenvalue weighted by molar-refractivity contribution is 7.93. The van der Waals surface area contributed by atoms with Crippen LogP contribution in [0.15, 0.2) is 41.3 Å². The number of ether oxygens (including phenoxy) is 3. The van der Waals surface area contributed by atoms with Crippen LogP contribution < -0.4 is 14.2 Å². The third kappa shape index (κ3) is 5.34. The Morgan fingerprint density at radius 2 is 1.68 bits per heavy atom. The molecule has 34 heavy (non-hydrogen) atoms. The molecule has 1 aliphatic carbocycles. The molecule has 0 radical (unpaired) electrons. The van der Waals surface area contributed by atoms with Gasteiger partial charge in [-0.25, -0.2) is 8.42 Å². The van der Waals surface area contributed by atoms with Gasteiger partial charge in [0.05, 0.1) is 19.1 Å². The summed E-state index contributed by atoms with van der Waals surface area (Å²) in [6.45, 7) is -0.292. The van der Waals surface area contributed by atoms with E-state index in [0.29, 0.717) is 50.5 Å². The SMILES string of the molecule is COc1ccc(OC)c(CN2CCN(S(=O)(=O)C3=Cc4ccc(OC(F)F)cc4CC3)CC2)c1. The molecule has 0 atom stereocenters. The number of nitrogens with zero attached hydrogens (tertiary/aromatic N) is 2. The van der Waals surface area contributed by atoms with Crippen LogP contribution in [0.1, 0.15) is 23.1 Å². The third-order valence-electron chi connectivity index (χ3n) is 6.18. The van der Waals surface area contributed by atoms with Gasteiger partial charge in [0.25, 0.3) is 0 Å². The van der Waals surface area contributed by atoms with Crippen LogP contribution in [0.4, 0.5) is 8.78 Å². The standard InChI is InChI=1S/C24H28F2N2O5S/c1-31-20-6-8-23(32-2)19(14-20)16-27-9-11-28(12-10-27)34(29,30)22-7-4-17-13-21(33-24(25)26)5-3-18(17)15-22/h3,5-6,8,13-15,24H,4,7,9-12,16H2,1-2H3. The fraction of sp³-hybridized carbons (Fsp3) is 0.417. The molecule has 0 N–H and O–H groups in total. The lowest BCUT2D eigenvalue weighted by Gasteiger charge is -2.35. The Labute approximate surface area is 198 Å². The van der Waals surface area contributed by atoms with Crippen LogP contribution >= 0.6 is 0 Å². The Kier molecular flexibility index (Phi) is 7.39. The molecule has 7 nitrogen and oxygen atoms in total. The number of methoxy groups -OCH3 is 2. The highest BCUT2D eigenvalue weighted by atomic mass is 32.2. The monoisotopic (exact) mass is 494 g/mol. The second kappa shape index (κ2) is 10.3. The van der Waals surface area contributed by atoms with Gasteiger partial charge in [0.15, 0.2) is 0 Å². The molecule has 184 valence electrons. The van der Waals surface area contributed by atoms with Gasteiger partial charge in [-0.05, 0) is 60.4 Å². The Morgan fingerprint density at radius 3 is 2.35 bits per heavy atom. The van der Waals surface area contributed by atoms with Crippen LogP contribution in [0.2, 0.25) is 0 Å². The lowest BCUT2D eigenvalue weighted by molar-refractivity contribution is -0.0498. The maximum atomic E-state index is 13.3. The molecule has 1 fully saturated rings. The molecule has 0 aromatic heterocycles. The molecule has 2 aliphatic rings. The molecule has 2 aromatic rings. The first-order valence-electron chi connectivity index (χ1n) is 11.0. The summed E-state index contributed by atoms with van der Waals surface area (Å²) in [5.74, 6) is 1.59. The normalized spacial score (nSPS) is 17.3. The summed E-state index contributed by atoms with van der Waals surface area (Å²) in [6, 6.07) is 10.3. The van der Waals surface area contributed by atoms with E-state index < -0.39 is 16.6 Å². The number of hydrogen-bond donors (Lipinski definition) is 0. The molecule has 10 heteroatoms. The van der Waals surface area contributed by atoms with E-state index in [1.165, 1.54) is 10.4 Å². The van der Waals surface area contributed by atoms with E-state index in [-0.39, 0.29) is 5.75 Å². The summed E-state index contributed by atoms with van der Waals surface area (Å²) in [6.07, 6.45) is 2.43. The molecule has 1 heterocycles. The zero-order valence-corrected chi connectivity index (χ0v) is 20.0. The Hall–Kier alpha value is -2.69. The lowest BCUT2D eigenvalue weighted by atomic mass is 9.97. The van der Waals surface area contributed by atoms with Crippen LogP contribution in [0.5, 0.6) is 17.2 Å². The van der Waals surface area contributed by atoms with E-state index in [4.69, 9.17) is 9.47 Å². The number of hydrogen-bond acceptors (Lipinski definition) is 6. The van der Waals surface area contributed by atoms with E-state index in [9.17, 15) is 17.2 Å². The van der Waals surface area contributed by atoms with E-state index in [1.54, 1.807) is 32.4 Å². The van der Waals surface area contributed by atoms with Gasteiger partial charge in [-0.15, -0.1) is 0 Å². The van der Waals surface area contributed by atoms with Crippen molar-refractivity contribution in [3.8, 4) is 17.2 Å². The van der Waals surface area contributed by atoms with Gasteiger partial charge in [0.2, 0.25) is 10.0 Å². The van der Waals surface area contributed by atoms with Crippen LogP contribution in [-0.4, -0.2) is 64.6 Å². The summed E-state index contributed by atoms with van der Waals surface area (Å²) < 4.78 is 68.3. The summed E-state index contributed by atoms with van der Waals surface area (Å²) in [7, 11) is -0.367. The van der Waals surface area contributed by atoms with Gasteiger partial charge in [-0.2, -0.15) is 13.1 Å². The first kappa shape index (κ1) is 24.4. The van der Waals surface area contributed by atoms with Gasteiger partial charge >= 0.3 is 6.61 Å². The number of benzene rings is 2. The topological polar surface area (TPSA) is 68.3 Å². The molecule has 0 spiro atoms. The molecular formula is C24H28F2N2O5S. The molecule has 0 amide bonds. The lowest BCUT2D eigenvalue weighted by Crippen LogP contribution is -2.48. The van der Waals surface area contributed by atoms with Crippen molar-refractivity contribution in [2.24, 2.45) is 0 Å². The van der Waals surface area contributed by atoms with Crippen molar-refractivity contribution in [1.29, 1.82) is 0 Å². The van der Waals surface area contributed by atoms with Gasteiger partial charge in [0.1, 0.15) is 17.2 Å². The number of fused-ring (bicyclic) bond motifs is 1. The minimum Gasteiger partial charge on any atom is -0.497 e. The molecule has 0 saturated carbocycles. The number of aryl methyl sites for hydroxylation is 1. The Bertz CT molecular complexity index is 1160.